The summed E-state index contributed by atoms with van der Waals surface area (Å²) in [5.74, 6) is 0.195. The number of nitrogens with one attached hydrogen (secondary N) is 1. The van der Waals surface area contributed by atoms with Crippen LogP contribution in [0.25, 0.3) is 0 Å². The average molecular weight is 413 g/mol. The van der Waals surface area contributed by atoms with Crippen LogP contribution < -0.4 is 5.32 Å². The molecule has 1 aliphatic heterocycles. The van der Waals surface area contributed by atoms with Gasteiger partial charge in [0.05, 0.1) is 18.1 Å². The molecule has 0 spiro atoms. The molecule has 1 aromatic heterocycles. The third kappa shape index (κ3) is 4.54. The highest BCUT2D eigenvalue weighted by atomic mass is 32.1. The molecule has 0 bridgehead atoms. The van der Waals surface area contributed by atoms with E-state index in [4.69, 9.17) is 4.74 Å². The third-order valence-corrected chi connectivity index (χ3v) is 7.15. The molecule has 1 saturated heterocycles. The van der Waals surface area contributed by atoms with Crippen LogP contribution >= 0.6 is 11.3 Å². The van der Waals surface area contributed by atoms with Crippen LogP contribution in [0.3, 0.4) is 0 Å². The van der Waals surface area contributed by atoms with Crippen LogP contribution in [0.2, 0.25) is 0 Å². The van der Waals surface area contributed by atoms with Gasteiger partial charge in [-0.3, -0.25) is 9.59 Å². The first kappa shape index (κ1) is 20.1. The van der Waals surface area contributed by atoms with E-state index < -0.39 is 0 Å². The van der Waals surface area contributed by atoms with Gasteiger partial charge in [0, 0.05) is 30.4 Å². The second kappa shape index (κ2) is 8.67. The fraction of sp³-hybridized carbons (Fsp3) is 0.478. The molecule has 4 rings (SSSR count). The zero-order valence-corrected chi connectivity index (χ0v) is 17.9. The van der Waals surface area contributed by atoms with Crippen molar-refractivity contribution in [2.45, 2.75) is 39.7 Å². The molecular weight excluding hydrogens is 384 g/mol. The van der Waals surface area contributed by atoms with Crippen LogP contribution in [0.5, 0.6) is 0 Å². The minimum atomic E-state index is -0.0199. The molecule has 2 amide bonds. The van der Waals surface area contributed by atoms with Gasteiger partial charge >= 0.3 is 0 Å². The normalized spacial score (nSPS) is 19.0. The van der Waals surface area contributed by atoms with E-state index in [1.165, 1.54) is 27.1 Å². The summed E-state index contributed by atoms with van der Waals surface area (Å²) in [6, 6.07) is 8.34. The first-order valence-corrected chi connectivity index (χ1v) is 11.2. The van der Waals surface area contributed by atoms with Crippen LogP contribution in [0.4, 0.5) is 0 Å². The van der Waals surface area contributed by atoms with E-state index in [9.17, 15) is 9.59 Å². The van der Waals surface area contributed by atoms with Crippen molar-refractivity contribution in [3.63, 3.8) is 0 Å². The van der Waals surface area contributed by atoms with Gasteiger partial charge in [-0.2, -0.15) is 0 Å². The maximum Gasteiger partial charge on any atom is 0.264 e. The number of nitrogens with zero attached hydrogens (tertiary/aromatic N) is 1. The second-order valence-electron chi connectivity index (χ2n) is 8.05. The Morgan fingerprint density at radius 3 is 2.79 bits per heavy atom. The molecule has 2 heterocycles. The molecular formula is C23H28N2O3S. The van der Waals surface area contributed by atoms with Crippen molar-refractivity contribution < 1.29 is 14.3 Å². The third-order valence-electron chi connectivity index (χ3n) is 5.92. The number of hydrogen-bond acceptors (Lipinski definition) is 4. The lowest BCUT2D eigenvalue weighted by Crippen LogP contribution is -2.40. The van der Waals surface area contributed by atoms with Gasteiger partial charge in [-0.05, 0) is 55.9 Å². The van der Waals surface area contributed by atoms with Crippen molar-refractivity contribution in [3.05, 3.63) is 56.3 Å². The Balaban J connectivity index is 1.38. The Bertz CT molecular complexity index is 915. The minimum absolute atomic E-state index is 0.0199. The van der Waals surface area contributed by atoms with Gasteiger partial charge in [0.25, 0.3) is 5.91 Å². The highest BCUT2D eigenvalue weighted by Gasteiger charge is 2.28. The maximum atomic E-state index is 12.8. The molecule has 0 unspecified atom stereocenters. The summed E-state index contributed by atoms with van der Waals surface area (Å²) in [4.78, 5) is 29.5. The summed E-state index contributed by atoms with van der Waals surface area (Å²) in [5.41, 5.74) is 4.75. The van der Waals surface area contributed by atoms with E-state index in [1.54, 1.807) is 11.3 Å². The first-order valence-electron chi connectivity index (χ1n) is 10.3. The van der Waals surface area contributed by atoms with Crippen LogP contribution in [-0.2, 0) is 28.9 Å². The standard InChI is InChI=1S/C23H28N2O3S/c1-15-3-4-16(2)19(11-15)14-24-22(26)17-5-6-20-18(12-17)13-21(29-20)23(27)25-7-9-28-10-8-25/h3-4,11,13,17H,5-10,12,14H2,1-2H3,(H,24,26)/t17-/m0/s1. The van der Waals surface area contributed by atoms with Gasteiger partial charge in [-0.15, -0.1) is 11.3 Å². The summed E-state index contributed by atoms with van der Waals surface area (Å²) >= 11 is 1.60. The van der Waals surface area contributed by atoms with Crippen molar-refractivity contribution in [1.29, 1.82) is 0 Å². The SMILES string of the molecule is Cc1ccc(C)c(CNC(=O)[C@H]2CCc3sc(C(=O)N4CCOCC4)cc3C2)c1. The van der Waals surface area contributed by atoms with Crippen molar-refractivity contribution in [1.82, 2.24) is 10.2 Å². The Hall–Kier alpha value is -2.18. The van der Waals surface area contributed by atoms with E-state index in [-0.39, 0.29) is 17.7 Å². The number of amides is 2. The number of carbonyl (C=O) groups is 2. The Labute approximate surface area is 176 Å². The lowest BCUT2D eigenvalue weighted by atomic mass is 9.87. The molecule has 1 fully saturated rings. The van der Waals surface area contributed by atoms with Crippen molar-refractivity contribution in [3.8, 4) is 0 Å². The molecule has 154 valence electrons. The molecule has 0 radical (unpaired) electrons. The summed E-state index contributed by atoms with van der Waals surface area (Å²) in [6.45, 7) is 7.25. The van der Waals surface area contributed by atoms with Crippen LogP contribution in [0.15, 0.2) is 24.3 Å². The van der Waals surface area contributed by atoms with E-state index in [0.717, 1.165) is 24.1 Å². The molecule has 1 aromatic carbocycles. The number of aryl methyl sites for hydroxylation is 3. The van der Waals surface area contributed by atoms with Gasteiger partial charge in [-0.25, -0.2) is 0 Å². The van der Waals surface area contributed by atoms with E-state index >= 15 is 0 Å². The Morgan fingerprint density at radius 1 is 1.21 bits per heavy atom. The number of ether oxygens (including phenoxy) is 1. The number of thiophene rings is 1. The average Bonchev–Trinajstić information content (AvgIpc) is 3.17. The summed E-state index contributed by atoms with van der Waals surface area (Å²) in [5, 5.41) is 3.12. The minimum Gasteiger partial charge on any atom is -0.378 e. The number of carbonyl (C=O) groups excluding carboxylic acids is 2. The zero-order chi connectivity index (χ0) is 20.4. The Morgan fingerprint density at radius 2 is 2.00 bits per heavy atom. The van der Waals surface area contributed by atoms with Gasteiger partial charge in [0.1, 0.15) is 0 Å². The number of benzene rings is 1. The monoisotopic (exact) mass is 412 g/mol. The lowest BCUT2D eigenvalue weighted by Gasteiger charge is -2.26. The number of rotatable bonds is 4. The van der Waals surface area contributed by atoms with Crippen molar-refractivity contribution in [2.75, 3.05) is 26.3 Å². The number of morpholine rings is 1. The smallest absolute Gasteiger partial charge is 0.264 e. The summed E-state index contributed by atoms with van der Waals surface area (Å²) in [7, 11) is 0. The summed E-state index contributed by atoms with van der Waals surface area (Å²) < 4.78 is 5.34. The van der Waals surface area contributed by atoms with E-state index in [2.05, 4.69) is 37.4 Å². The van der Waals surface area contributed by atoms with Gasteiger partial charge < -0.3 is 15.0 Å². The highest BCUT2D eigenvalue weighted by Crippen LogP contribution is 2.33. The van der Waals surface area contributed by atoms with Crippen LogP contribution in [-0.4, -0.2) is 43.0 Å². The lowest BCUT2D eigenvalue weighted by molar-refractivity contribution is -0.125. The predicted octanol–water partition coefficient (Wildman–Crippen LogP) is 3.26. The highest BCUT2D eigenvalue weighted by molar-refractivity contribution is 7.14. The molecule has 5 nitrogen and oxygen atoms in total. The largest absolute Gasteiger partial charge is 0.378 e. The van der Waals surface area contributed by atoms with E-state index in [1.807, 2.05) is 11.0 Å². The molecule has 1 N–H and O–H groups in total. The van der Waals surface area contributed by atoms with Gasteiger partial charge in [0.2, 0.25) is 5.91 Å². The molecule has 0 saturated carbocycles. The number of fused-ring (bicyclic) bond motifs is 1. The van der Waals surface area contributed by atoms with Gasteiger partial charge in [0.15, 0.2) is 0 Å². The quantitative estimate of drug-likeness (QED) is 0.839. The topological polar surface area (TPSA) is 58.6 Å². The fourth-order valence-electron chi connectivity index (χ4n) is 4.09. The van der Waals surface area contributed by atoms with Crippen LogP contribution in [0.1, 0.15) is 43.2 Å². The molecule has 29 heavy (non-hydrogen) atoms. The molecule has 1 aliphatic carbocycles. The maximum absolute atomic E-state index is 12.8. The first-order chi connectivity index (χ1) is 14.0. The number of hydrogen-bond donors (Lipinski definition) is 1. The van der Waals surface area contributed by atoms with Crippen LogP contribution in [0, 0.1) is 19.8 Å². The molecule has 2 aliphatic rings. The predicted molar refractivity (Wildman–Crippen MR) is 114 cm³/mol. The van der Waals surface area contributed by atoms with E-state index in [0.29, 0.717) is 32.8 Å². The zero-order valence-electron chi connectivity index (χ0n) is 17.1. The molecule has 1 atom stereocenters. The summed E-state index contributed by atoms with van der Waals surface area (Å²) in [6.07, 6.45) is 2.44. The fourth-order valence-corrected chi connectivity index (χ4v) is 5.27. The molecule has 6 heteroatoms. The van der Waals surface area contributed by atoms with Gasteiger partial charge in [-0.1, -0.05) is 23.8 Å². The van der Waals surface area contributed by atoms with Crippen molar-refractivity contribution in [2.24, 2.45) is 5.92 Å². The van der Waals surface area contributed by atoms with Crippen molar-refractivity contribution >= 4 is 23.2 Å². The second-order valence-corrected chi connectivity index (χ2v) is 9.19. The Kier molecular flexibility index (Phi) is 6.01. The molecule has 2 aromatic rings.